The Kier molecular flexibility index (Phi) is 4.97. The second-order valence-corrected chi connectivity index (χ2v) is 6.90. The summed E-state index contributed by atoms with van der Waals surface area (Å²) in [5.41, 5.74) is 1.29. The van der Waals surface area contributed by atoms with Crippen LogP contribution < -0.4 is 9.47 Å². The third-order valence-electron chi connectivity index (χ3n) is 4.19. The van der Waals surface area contributed by atoms with Crippen LogP contribution in [0.3, 0.4) is 0 Å². The van der Waals surface area contributed by atoms with Gasteiger partial charge in [-0.1, -0.05) is 29.3 Å². The lowest BCUT2D eigenvalue weighted by atomic mass is 10.1. The van der Waals surface area contributed by atoms with Crippen molar-refractivity contribution >= 4 is 29.1 Å². The number of benzene rings is 2. The van der Waals surface area contributed by atoms with E-state index in [1.54, 1.807) is 35.4 Å². The van der Waals surface area contributed by atoms with E-state index >= 15 is 0 Å². The molecule has 0 bridgehead atoms. The molecule has 4 rings (SSSR count). The van der Waals surface area contributed by atoms with Gasteiger partial charge in [-0.2, -0.15) is 0 Å². The molecule has 7 heteroatoms. The van der Waals surface area contributed by atoms with Crippen LogP contribution >= 0.6 is 23.2 Å². The van der Waals surface area contributed by atoms with Gasteiger partial charge in [0.1, 0.15) is 5.76 Å². The van der Waals surface area contributed by atoms with Crippen molar-refractivity contribution in [2.24, 2.45) is 0 Å². The van der Waals surface area contributed by atoms with Crippen LogP contribution in [0.25, 0.3) is 0 Å². The van der Waals surface area contributed by atoms with Crippen molar-refractivity contribution in [3.63, 3.8) is 0 Å². The molecule has 27 heavy (non-hydrogen) atoms. The number of hydrogen-bond donors (Lipinski definition) is 0. The van der Waals surface area contributed by atoms with E-state index in [9.17, 15) is 4.79 Å². The van der Waals surface area contributed by atoms with E-state index in [-0.39, 0.29) is 12.7 Å². The second-order valence-electron chi connectivity index (χ2n) is 6.05. The Morgan fingerprint density at radius 1 is 1.00 bits per heavy atom. The maximum atomic E-state index is 13.1. The van der Waals surface area contributed by atoms with Gasteiger partial charge in [0.05, 0.1) is 23.4 Å². The summed E-state index contributed by atoms with van der Waals surface area (Å²) in [4.78, 5) is 14.8. The van der Waals surface area contributed by atoms with Gasteiger partial charge in [-0.25, -0.2) is 0 Å². The standard InChI is InChI=1S/C20H15Cl2NO4/c21-14-4-5-16(17(22)9-14)20(24)23(11-15-2-1-7-25-15)10-13-3-6-18-19(8-13)27-12-26-18/h1-9H,10-12H2. The Hall–Kier alpha value is -2.63. The number of carbonyl (C=O) groups is 1. The first-order valence-corrected chi connectivity index (χ1v) is 9.01. The molecule has 0 saturated carbocycles. The fourth-order valence-electron chi connectivity index (χ4n) is 2.88. The number of nitrogens with zero attached hydrogens (tertiary/aromatic N) is 1. The van der Waals surface area contributed by atoms with Crippen LogP contribution in [0, 0.1) is 0 Å². The predicted molar refractivity (Wildman–Crippen MR) is 101 cm³/mol. The van der Waals surface area contributed by atoms with Crippen LogP contribution in [0.4, 0.5) is 0 Å². The van der Waals surface area contributed by atoms with E-state index in [0.717, 1.165) is 5.56 Å². The second kappa shape index (κ2) is 7.55. The summed E-state index contributed by atoms with van der Waals surface area (Å²) in [7, 11) is 0. The lowest BCUT2D eigenvalue weighted by Crippen LogP contribution is -2.30. The molecule has 2 heterocycles. The zero-order chi connectivity index (χ0) is 18.8. The highest BCUT2D eigenvalue weighted by Crippen LogP contribution is 2.33. The number of fused-ring (bicyclic) bond motifs is 1. The van der Waals surface area contributed by atoms with Crippen molar-refractivity contribution < 1.29 is 18.7 Å². The molecule has 0 atom stereocenters. The number of amides is 1. The fourth-order valence-corrected chi connectivity index (χ4v) is 3.37. The summed E-state index contributed by atoms with van der Waals surface area (Å²) >= 11 is 12.2. The van der Waals surface area contributed by atoms with Gasteiger partial charge < -0.3 is 18.8 Å². The van der Waals surface area contributed by atoms with Crippen LogP contribution in [0.15, 0.2) is 59.2 Å². The minimum atomic E-state index is -0.217. The van der Waals surface area contributed by atoms with Gasteiger partial charge in [0.25, 0.3) is 5.91 Å². The van der Waals surface area contributed by atoms with E-state index in [1.807, 2.05) is 24.3 Å². The Morgan fingerprint density at radius 3 is 2.63 bits per heavy atom. The minimum Gasteiger partial charge on any atom is -0.467 e. The number of furan rings is 1. The Bertz CT molecular complexity index is 972. The zero-order valence-corrected chi connectivity index (χ0v) is 15.7. The number of rotatable bonds is 5. The Labute approximate surface area is 166 Å². The Morgan fingerprint density at radius 2 is 1.85 bits per heavy atom. The third kappa shape index (κ3) is 3.89. The maximum absolute atomic E-state index is 13.1. The Balaban J connectivity index is 1.63. The van der Waals surface area contributed by atoms with E-state index in [4.69, 9.17) is 37.1 Å². The first-order chi connectivity index (χ1) is 13.1. The summed E-state index contributed by atoms with van der Waals surface area (Å²) in [6, 6.07) is 14.0. The molecule has 1 amide bonds. The highest BCUT2D eigenvalue weighted by atomic mass is 35.5. The van der Waals surface area contributed by atoms with Crippen molar-refractivity contribution in [3.8, 4) is 11.5 Å². The molecule has 1 aliphatic rings. The topological polar surface area (TPSA) is 51.9 Å². The maximum Gasteiger partial charge on any atom is 0.256 e. The predicted octanol–water partition coefficient (Wildman–Crippen LogP) is 5.16. The lowest BCUT2D eigenvalue weighted by molar-refractivity contribution is 0.0717. The van der Waals surface area contributed by atoms with Crippen molar-refractivity contribution in [2.75, 3.05) is 6.79 Å². The monoisotopic (exact) mass is 403 g/mol. The molecule has 2 aromatic carbocycles. The summed E-state index contributed by atoms with van der Waals surface area (Å²) in [5.74, 6) is 1.82. The molecular weight excluding hydrogens is 389 g/mol. The average Bonchev–Trinajstić information content (AvgIpc) is 3.31. The smallest absolute Gasteiger partial charge is 0.256 e. The largest absolute Gasteiger partial charge is 0.467 e. The molecule has 0 N–H and O–H groups in total. The number of carbonyl (C=O) groups excluding carboxylic acids is 1. The van der Waals surface area contributed by atoms with E-state index < -0.39 is 0 Å². The van der Waals surface area contributed by atoms with Gasteiger partial charge in [0, 0.05) is 11.6 Å². The quantitative estimate of drug-likeness (QED) is 0.590. The van der Waals surface area contributed by atoms with Gasteiger partial charge in [0.2, 0.25) is 6.79 Å². The van der Waals surface area contributed by atoms with Gasteiger partial charge in [-0.15, -0.1) is 0 Å². The SMILES string of the molecule is O=C(c1ccc(Cl)cc1Cl)N(Cc1ccc2c(c1)OCO2)Cc1ccco1. The summed E-state index contributed by atoms with van der Waals surface area (Å²) in [6.45, 7) is 0.864. The van der Waals surface area contributed by atoms with E-state index in [0.29, 0.717) is 46.0 Å². The van der Waals surface area contributed by atoms with Crippen LogP contribution in [-0.4, -0.2) is 17.6 Å². The third-order valence-corrected chi connectivity index (χ3v) is 4.73. The molecule has 1 aliphatic heterocycles. The first-order valence-electron chi connectivity index (χ1n) is 8.25. The van der Waals surface area contributed by atoms with E-state index in [1.165, 1.54) is 0 Å². The molecule has 0 aliphatic carbocycles. The van der Waals surface area contributed by atoms with Gasteiger partial charge in [0.15, 0.2) is 11.5 Å². The molecule has 0 radical (unpaired) electrons. The fraction of sp³-hybridized carbons (Fsp3) is 0.150. The molecule has 0 saturated heterocycles. The molecule has 138 valence electrons. The van der Waals surface area contributed by atoms with Crippen LogP contribution in [0.1, 0.15) is 21.7 Å². The number of ether oxygens (including phenoxy) is 2. The van der Waals surface area contributed by atoms with Crippen molar-refractivity contribution in [1.29, 1.82) is 0 Å². The first kappa shape index (κ1) is 17.8. The number of hydrogen-bond acceptors (Lipinski definition) is 4. The highest BCUT2D eigenvalue weighted by Gasteiger charge is 2.22. The molecule has 5 nitrogen and oxygen atoms in total. The lowest BCUT2D eigenvalue weighted by Gasteiger charge is -2.22. The van der Waals surface area contributed by atoms with Gasteiger partial charge >= 0.3 is 0 Å². The average molecular weight is 404 g/mol. The molecule has 0 fully saturated rings. The zero-order valence-electron chi connectivity index (χ0n) is 14.2. The molecule has 3 aromatic rings. The van der Waals surface area contributed by atoms with Gasteiger partial charge in [-0.3, -0.25) is 4.79 Å². The van der Waals surface area contributed by atoms with Gasteiger partial charge in [-0.05, 0) is 48.0 Å². The highest BCUT2D eigenvalue weighted by molar-refractivity contribution is 6.36. The summed E-state index contributed by atoms with van der Waals surface area (Å²) in [6.07, 6.45) is 1.58. The molecular formula is C20H15Cl2NO4. The van der Waals surface area contributed by atoms with E-state index in [2.05, 4.69) is 0 Å². The molecule has 0 spiro atoms. The summed E-state index contributed by atoms with van der Waals surface area (Å²) < 4.78 is 16.2. The normalized spacial score (nSPS) is 12.2. The van der Waals surface area contributed by atoms with Crippen molar-refractivity contribution in [2.45, 2.75) is 13.1 Å². The number of halogens is 2. The summed E-state index contributed by atoms with van der Waals surface area (Å²) in [5, 5.41) is 0.785. The minimum absolute atomic E-state index is 0.203. The van der Waals surface area contributed by atoms with Crippen LogP contribution in [0.2, 0.25) is 10.0 Å². The van der Waals surface area contributed by atoms with Crippen molar-refractivity contribution in [1.82, 2.24) is 4.90 Å². The van der Waals surface area contributed by atoms with Crippen LogP contribution in [-0.2, 0) is 13.1 Å². The molecule has 0 unspecified atom stereocenters. The van der Waals surface area contributed by atoms with Crippen LogP contribution in [0.5, 0.6) is 11.5 Å². The van der Waals surface area contributed by atoms with Crippen molar-refractivity contribution in [3.05, 3.63) is 81.7 Å². The molecule has 1 aromatic heterocycles.